The fourth-order valence-corrected chi connectivity index (χ4v) is 4.73. The molecule has 2 aromatic rings. The third-order valence-electron chi connectivity index (χ3n) is 4.39. The lowest BCUT2D eigenvalue weighted by atomic mass is 9.97. The van der Waals surface area contributed by atoms with Crippen LogP contribution in [0.25, 0.3) is 0 Å². The van der Waals surface area contributed by atoms with Crippen molar-refractivity contribution in [2.75, 3.05) is 18.4 Å². The van der Waals surface area contributed by atoms with Crippen molar-refractivity contribution >= 4 is 37.5 Å². The molecular formula is C18H18BrFN2O3S. The topological polar surface area (TPSA) is 66.5 Å². The second-order valence-electron chi connectivity index (χ2n) is 6.10. The first kappa shape index (κ1) is 19.0. The summed E-state index contributed by atoms with van der Waals surface area (Å²) in [5, 5.41) is 2.85. The zero-order valence-electron chi connectivity index (χ0n) is 13.9. The van der Waals surface area contributed by atoms with Gasteiger partial charge in [-0.2, -0.15) is 4.31 Å². The summed E-state index contributed by atoms with van der Waals surface area (Å²) in [6.07, 6.45) is 0.798. The van der Waals surface area contributed by atoms with Crippen LogP contribution in [0.2, 0.25) is 0 Å². The number of halogens is 2. The number of carbonyl (C=O) groups excluding carboxylic acids is 1. The van der Waals surface area contributed by atoms with Gasteiger partial charge in [-0.25, -0.2) is 12.8 Å². The van der Waals surface area contributed by atoms with Gasteiger partial charge in [-0.15, -0.1) is 0 Å². The van der Waals surface area contributed by atoms with E-state index in [1.54, 1.807) is 12.1 Å². The van der Waals surface area contributed by atoms with Gasteiger partial charge in [0.2, 0.25) is 15.9 Å². The zero-order chi connectivity index (χ0) is 18.7. The monoisotopic (exact) mass is 440 g/mol. The van der Waals surface area contributed by atoms with Crippen LogP contribution in [0.15, 0.2) is 57.9 Å². The molecule has 1 aliphatic rings. The van der Waals surface area contributed by atoms with Gasteiger partial charge in [-0.3, -0.25) is 4.79 Å². The van der Waals surface area contributed by atoms with E-state index >= 15 is 0 Å². The first-order valence-corrected chi connectivity index (χ1v) is 10.4. The highest BCUT2D eigenvalue weighted by Crippen LogP contribution is 2.26. The van der Waals surface area contributed by atoms with Crippen LogP contribution >= 0.6 is 15.9 Å². The molecule has 1 aliphatic heterocycles. The van der Waals surface area contributed by atoms with Gasteiger partial charge in [0, 0.05) is 29.2 Å². The molecule has 3 rings (SSSR count). The van der Waals surface area contributed by atoms with E-state index in [0.717, 1.165) is 10.5 Å². The van der Waals surface area contributed by atoms with Gasteiger partial charge >= 0.3 is 0 Å². The van der Waals surface area contributed by atoms with Crippen molar-refractivity contribution in [1.82, 2.24) is 4.31 Å². The number of amides is 1. The van der Waals surface area contributed by atoms with E-state index in [-0.39, 0.29) is 29.8 Å². The van der Waals surface area contributed by atoms with Crippen molar-refractivity contribution in [3.63, 3.8) is 0 Å². The number of piperidine rings is 1. The van der Waals surface area contributed by atoms with Gasteiger partial charge in [-0.1, -0.05) is 28.1 Å². The molecule has 0 atom stereocenters. The summed E-state index contributed by atoms with van der Waals surface area (Å²) in [7, 11) is -3.88. The Morgan fingerprint density at radius 3 is 2.31 bits per heavy atom. The smallest absolute Gasteiger partial charge is 0.245 e. The fraction of sp³-hybridized carbons (Fsp3) is 0.278. The molecule has 0 saturated carbocycles. The Balaban J connectivity index is 1.62. The van der Waals surface area contributed by atoms with Crippen LogP contribution in [-0.4, -0.2) is 31.7 Å². The fourth-order valence-electron chi connectivity index (χ4n) is 2.93. The van der Waals surface area contributed by atoms with Crippen LogP contribution in [0.1, 0.15) is 12.8 Å². The van der Waals surface area contributed by atoms with E-state index in [9.17, 15) is 17.6 Å². The number of carbonyl (C=O) groups is 1. The van der Waals surface area contributed by atoms with Gasteiger partial charge in [0.15, 0.2) is 0 Å². The summed E-state index contributed by atoms with van der Waals surface area (Å²) >= 11 is 3.34. The second-order valence-corrected chi connectivity index (χ2v) is 8.93. The molecule has 1 saturated heterocycles. The van der Waals surface area contributed by atoms with Crippen LogP contribution in [0.3, 0.4) is 0 Å². The van der Waals surface area contributed by atoms with E-state index < -0.39 is 15.8 Å². The number of hydrogen-bond donors (Lipinski definition) is 1. The normalized spacial score (nSPS) is 16.4. The molecule has 0 aliphatic carbocycles. The number of sulfonamides is 1. The summed E-state index contributed by atoms with van der Waals surface area (Å²) in [5.74, 6) is -1.16. The molecule has 1 heterocycles. The number of hydrogen-bond acceptors (Lipinski definition) is 3. The summed E-state index contributed by atoms with van der Waals surface area (Å²) < 4.78 is 41.2. The molecule has 0 spiro atoms. The second kappa shape index (κ2) is 7.85. The minimum absolute atomic E-state index is 0.129. The van der Waals surface area contributed by atoms with Crippen LogP contribution in [-0.2, 0) is 14.8 Å². The Morgan fingerprint density at radius 2 is 1.69 bits per heavy atom. The van der Waals surface area contributed by atoms with Gasteiger partial charge < -0.3 is 5.32 Å². The predicted octanol–water partition coefficient (Wildman–Crippen LogP) is 3.63. The molecule has 0 unspecified atom stereocenters. The predicted molar refractivity (Wildman–Crippen MR) is 101 cm³/mol. The molecule has 0 aromatic heterocycles. The van der Waals surface area contributed by atoms with Gasteiger partial charge in [0.25, 0.3) is 0 Å². The maximum atomic E-state index is 13.8. The molecule has 1 N–H and O–H groups in total. The highest BCUT2D eigenvalue weighted by Gasteiger charge is 2.33. The van der Waals surface area contributed by atoms with E-state index in [1.807, 2.05) is 12.1 Å². The highest BCUT2D eigenvalue weighted by molar-refractivity contribution is 9.10. The Hall–Kier alpha value is -1.77. The van der Waals surface area contributed by atoms with E-state index in [4.69, 9.17) is 0 Å². The van der Waals surface area contributed by atoms with Crippen molar-refractivity contribution in [1.29, 1.82) is 0 Å². The lowest BCUT2D eigenvalue weighted by Crippen LogP contribution is -2.41. The van der Waals surface area contributed by atoms with Crippen LogP contribution < -0.4 is 5.32 Å². The Bertz CT molecular complexity index is 895. The highest BCUT2D eigenvalue weighted by atomic mass is 79.9. The molecule has 1 fully saturated rings. The third-order valence-corrected chi connectivity index (χ3v) is 6.85. The van der Waals surface area contributed by atoms with Crippen LogP contribution in [0.4, 0.5) is 10.1 Å². The minimum atomic E-state index is -3.88. The van der Waals surface area contributed by atoms with Gasteiger partial charge in [0.1, 0.15) is 10.7 Å². The lowest BCUT2D eigenvalue weighted by Gasteiger charge is -2.30. The number of anilines is 1. The van der Waals surface area contributed by atoms with Gasteiger partial charge in [-0.05, 0) is 49.2 Å². The lowest BCUT2D eigenvalue weighted by molar-refractivity contribution is -0.120. The van der Waals surface area contributed by atoms with E-state index in [0.29, 0.717) is 18.5 Å². The number of rotatable bonds is 4. The molecule has 138 valence electrons. The van der Waals surface area contributed by atoms with Crippen LogP contribution in [0.5, 0.6) is 0 Å². The van der Waals surface area contributed by atoms with Crippen molar-refractivity contribution in [3.8, 4) is 0 Å². The van der Waals surface area contributed by atoms with Crippen molar-refractivity contribution in [2.24, 2.45) is 5.92 Å². The molecule has 26 heavy (non-hydrogen) atoms. The van der Waals surface area contributed by atoms with Crippen molar-refractivity contribution in [3.05, 3.63) is 58.8 Å². The molecule has 8 heteroatoms. The first-order chi connectivity index (χ1) is 12.4. The largest absolute Gasteiger partial charge is 0.326 e. The maximum Gasteiger partial charge on any atom is 0.245 e. The quantitative estimate of drug-likeness (QED) is 0.788. The molecule has 2 aromatic carbocycles. The Kier molecular flexibility index (Phi) is 5.74. The first-order valence-electron chi connectivity index (χ1n) is 8.19. The summed E-state index contributed by atoms with van der Waals surface area (Å²) in [4.78, 5) is 12.1. The summed E-state index contributed by atoms with van der Waals surface area (Å²) in [6, 6.07) is 12.6. The summed E-state index contributed by atoms with van der Waals surface area (Å²) in [5.41, 5.74) is 0.694. The standard InChI is InChI=1S/C18H18BrFN2O3S/c19-14-5-7-15(8-6-14)21-18(23)13-9-11-22(12-10-13)26(24,25)17-4-2-1-3-16(17)20/h1-8,13H,9-12H2,(H,21,23). The molecule has 1 amide bonds. The SMILES string of the molecule is O=C(Nc1ccc(Br)cc1)C1CCN(S(=O)(=O)c2ccccc2F)CC1. The average Bonchev–Trinajstić information content (AvgIpc) is 2.64. The van der Waals surface area contributed by atoms with E-state index in [1.165, 1.54) is 22.5 Å². The van der Waals surface area contributed by atoms with E-state index in [2.05, 4.69) is 21.2 Å². The molecule has 0 radical (unpaired) electrons. The number of benzene rings is 2. The molecular weight excluding hydrogens is 423 g/mol. The molecule has 5 nitrogen and oxygen atoms in total. The number of nitrogens with zero attached hydrogens (tertiary/aromatic N) is 1. The third kappa shape index (κ3) is 4.13. The Labute approximate surface area is 160 Å². The van der Waals surface area contributed by atoms with Crippen molar-refractivity contribution < 1.29 is 17.6 Å². The summed E-state index contributed by atoms with van der Waals surface area (Å²) in [6.45, 7) is 0.379. The zero-order valence-corrected chi connectivity index (χ0v) is 16.3. The van der Waals surface area contributed by atoms with Gasteiger partial charge in [0.05, 0.1) is 0 Å². The number of nitrogens with one attached hydrogen (secondary N) is 1. The minimum Gasteiger partial charge on any atom is -0.326 e. The maximum absolute atomic E-state index is 13.8. The Morgan fingerprint density at radius 1 is 1.08 bits per heavy atom. The molecule has 0 bridgehead atoms. The average molecular weight is 441 g/mol. The van der Waals surface area contributed by atoms with Crippen molar-refractivity contribution in [2.45, 2.75) is 17.7 Å². The van der Waals surface area contributed by atoms with Crippen LogP contribution in [0, 0.1) is 11.7 Å².